The second-order valence-electron chi connectivity index (χ2n) is 6.32. The number of methoxy groups -OCH3 is 2. The van der Waals surface area contributed by atoms with Crippen LogP contribution in [0, 0.1) is 0 Å². The lowest BCUT2D eigenvalue weighted by atomic mass is 10.1. The molecule has 2 aromatic carbocycles. The van der Waals surface area contributed by atoms with Crippen LogP contribution in [0.2, 0.25) is 0 Å². The number of esters is 1. The van der Waals surface area contributed by atoms with E-state index in [0.717, 1.165) is 5.56 Å². The molecular weight excluding hydrogens is 388 g/mol. The van der Waals surface area contributed by atoms with Gasteiger partial charge >= 0.3 is 12.0 Å². The fraction of sp³-hybridized carbons (Fsp3) is 0.318. The Morgan fingerprint density at radius 2 is 1.67 bits per heavy atom. The summed E-state index contributed by atoms with van der Waals surface area (Å²) in [5, 5.41) is 4.66. The second kappa shape index (κ2) is 11.5. The van der Waals surface area contributed by atoms with Crippen molar-refractivity contribution in [3.63, 3.8) is 0 Å². The summed E-state index contributed by atoms with van der Waals surface area (Å²) in [6, 6.07) is 13.2. The van der Waals surface area contributed by atoms with Crippen molar-refractivity contribution in [2.75, 3.05) is 20.8 Å². The average Bonchev–Trinajstić information content (AvgIpc) is 2.76. The number of carbonyl (C=O) groups excluding carboxylic acids is 3. The van der Waals surface area contributed by atoms with E-state index in [2.05, 4.69) is 10.6 Å². The van der Waals surface area contributed by atoms with E-state index in [-0.39, 0.29) is 6.42 Å². The Labute approximate surface area is 175 Å². The van der Waals surface area contributed by atoms with Gasteiger partial charge in [-0.25, -0.2) is 4.79 Å². The summed E-state index contributed by atoms with van der Waals surface area (Å²) in [4.78, 5) is 36.6. The third kappa shape index (κ3) is 6.51. The minimum Gasteiger partial charge on any atom is -0.493 e. The Kier molecular flexibility index (Phi) is 8.68. The van der Waals surface area contributed by atoms with Crippen LogP contribution in [0.25, 0.3) is 0 Å². The maximum atomic E-state index is 12.5. The molecule has 0 unspecified atom stereocenters. The zero-order valence-electron chi connectivity index (χ0n) is 17.3. The monoisotopic (exact) mass is 414 g/mol. The van der Waals surface area contributed by atoms with Crippen molar-refractivity contribution < 1.29 is 28.6 Å². The molecule has 3 amide bonds. The zero-order chi connectivity index (χ0) is 21.9. The molecule has 0 saturated heterocycles. The number of benzene rings is 2. The Bertz CT molecular complexity index is 869. The highest BCUT2D eigenvalue weighted by Gasteiger charge is 2.26. The maximum absolute atomic E-state index is 12.5. The average molecular weight is 414 g/mol. The van der Waals surface area contributed by atoms with Gasteiger partial charge in [-0.1, -0.05) is 36.4 Å². The summed E-state index contributed by atoms with van der Waals surface area (Å²) in [5.74, 6) is -0.127. The number of hydrogen-bond donors (Lipinski definition) is 2. The van der Waals surface area contributed by atoms with Crippen LogP contribution >= 0.6 is 0 Å². The van der Waals surface area contributed by atoms with E-state index in [1.54, 1.807) is 56.5 Å². The molecule has 0 aromatic heterocycles. The van der Waals surface area contributed by atoms with Crippen molar-refractivity contribution >= 4 is 17.9 Å². The molecule has 0 bridgehead atoms. The van der Waals surface area contributed by atoms with Crippen LogP contribution < -0.4 is 20.1 Å². The van der Waals surface area contributed by atoms with E-state index in [1.807, 2.05) is 6.07 Å². The van der Waals surface area contributed by atoms with Crippen molar-refractivity contribution in [2.45, 2.75) is 25.9 Å². The van der Waals surface area contributed by atoms with Gasteiger partial charge in [-0.3, -0.25) is 14.9 Å². The minimum atomic E-state index is -1.23. The van der Waals surface area contributed by atoms with Gasteiger partial charge in [-0.2, -0.15) is 0 Å². The van der Waals surface area contributed by atoms with Gasteiger partial charge in [0.05, 0.1) is 14.2 Å². The Morgan fingerprint density at radius 1 is 0.967 bits per heavy atom. The molecule has 0 aliphatic rings. The van der Waals surface area contributed by atoms with Crippen molar-refractivity contribution in [2.24, 2.45) is 0 Å². The standard InChI is InChI=1S/C22H26N2O6/c1-4-23-22(27)24-21(26)20(16-8-6-5-7-9-16)30-19(25)13-11-15-10-12-17(28-2)18(14-15)29-3/h5-10,12,14,20H,4,11,13H2,1-3H3,(H2,23,24,26,27)/t20-/m0/s1. The van der Waals surface area contributed by atoms with Crippen LogP contribution in [0.3, 0.4) is 0 Å². The van der Waals surface area contributed by atoms with E-state index in [1.165, 1.54) is 7.11 Å². The van der Waals surface area contributed by atoms with E-state index in [0.29, 0.717) is 30.0 Å². The first kappa shape index (κ1) is 22.7. The first-order chi connectivity index (χ1) is 14.5. The van der Waals surface area contributed by atoms with E-state index in [4.69, 9.17) is 14.2 Å². The van der Waals surface area contributed by atoms with Crippen LogP contribution in [-0.2, 0) is 20.7 Å². The summed E-state index contributed by atoms with van der Waals surface area (Å²) < 4.78 is 15.9. The van der Waals surface area contributed by atoms with Crippen molar-refractivity contribution in [1.82, 2.24) is 10.6 Å². The molecule has 0 spiro atoms. The minimum absolute atomic E-state index is 0.0489. The lowest BCUT2D eigenvalue weighted by molar-refractivity contribution is -0.156. The van der Waals surface area contributed by atoms with Gasteiger partial charge in [-0.15, -0.1) is 0 Å². The van der Waals surface area contributed by atoms with Crippen LogP contribution in [0.1, 0.15) is 30.6 Å². The van der Waals surface area contributed by atoms with Gasteiger partial charge in [0.15, 0.2) is 11.5 Å². The molecular formula is C22H26N2O6. The van der Waals surface area contributed by atoms with Crippen molar-refractivity contribution in [3.05, 3.63) is 59.7 Å². The molecule has 8 heteroatoms. The quantitative estimate of drug-likeness (QED) is 0.612. The number of rotatable bonds is 9. The van der Waals surface area contributed by atoms with Gasteiger partial charge in [0.25, 0.3) is 5.91 Å². The second-order valence-corrected chi connectivity index (χ2v) is 6.32. The van der Waals surface area contributed by atoms with Gasteiger partial charge in [-0.05, 0) is 31.0 Å². The summed E-state index contributed by atoms with van der Waals surface area (Å²) >= 11 is 0. The third-order valence-electron chi connectivity index (χ3n) is 4.23. The molecule has 8 nitrogen and oxygen atoms in total. The molecule has 0 aliphatic heterocycles. The number of ether oxygens (including phenoxy) is 3. The fourth-order valence-electron chi connectivity index (χ4n) is 2.76. The number of nitrogens with one attached hydrogen (secondary N) is 2. The predicted molar refractivity (Wildman–Crippen MR) is 110 cm³/mol. The lowest BCUT2D eigenvalue weighted by Crippen LogP contribution is -2.42. The van der Waals surface area contributed by atoms with Crippen LogP contribution in [-0.4, -0.2) is 38.7 Å². The highest BCUT2D eigenvalue weighted by Crippen LogP contribution is 2.28. The van der Waals surface area contributed by atoms with Gasteiger partial charge in [0.2, 0.25) is 6.10 Å². The van der Waals surface area contributed by atoms with Crippen LogP contribution in [0.15, 0.2) is 48.5 Å². The summed E-state index contributed by atoms with van der Waals surface area (Å²) in [5.41, 5.74) is 1.33. The molecule has 2 rings (SSSR count). The first-order valence-corrected chi connectivity index (χ1v) is 9.52. The highest BCUT2D eigenvalue weighted by atomic mass is 16.5. The predicted octanol–water partition coefficient (Wildman–Crippen LogP) is 2.77. The highest BCUT2D eigenvalue weighted by molar-refractivity contribution is 5.97. The molecule has 0 fully saturated rings. The number of carbonyl (C=O) groups is 3. The molecule has 160 valence electrons. The molecule has 0 heterocycles. The molecule has 0 saturated carbocycles. The number of imide groups is 1. The Hall–Kier alpha value is -3.55. The zero-order valence-corrected chi connectivity index (χ0v) is 17.3. The SMILES string of the molecule is CCNC(=O)NC(=O)[C@@H](OC(=O)CCc1ccc(OC)c(OC)c1)c1ccccc1. The van der Waals surface area contributed by atoms with Crippen LogP contribution in [0.5, 0.6) is 11.5 Å². The molecule has 30 heavy (non-hydrogen) atoms. The van der Waals surface area contributed by atoms with Crippen molar-refractivity contribution in [1.29, 1.82) is 0 Å². The van der Waals surface area contributed by atoms with E-state index in [9.17, 15) is 14.4 Å². The normalized spacial score (nSPS) is 11.2. The lowest BCUT2D eigenvalue weighted by Gasteiger charge is -2.18. The third-order valence-corrected chi connectivity index (χ3v) is 4.23. The van der Waals surface area contributed by atoms with Gasteiger partial charge in [0.1, 0.15) is 0 Å². The summed E-state index contributed by atoms with van der Waals surface area (Å²) in [6.45, 7) is 2.09. The van der Waals surface area contributed by atoms with Gasteiger partial charge in [0, 0.05) is 18.5 Å². The van der Waals surface area contributed by atoms with Gasteiger partial charge < -0.3 is 19.5 Å². The molecule has 2 N–H and O–H groups in total. The largest absolute Gasteiger partial charge is 0.493 e. The summed E-state index contributed by atoms with van der Waals surface area (Å²) in [6.07, 6.45) is -0.793. The Morgan fingerprint density at radius 3 is 2.30 bits per heavy atom. The molecule has 2 aromatic rings. The summed E-state index contributed by atoms with van der Waals surface area (Å²) in [7, 11) is 3.08. The topological polar surface area (TPSA) is 103 Å². The van der Waals surface area contributed by atoms with Crippen LogP contribution in [0.4, 0.5) is 4.79 Å². The first-order valence-electron chi connectivity index (χ1n) is 9.52. The molecule has 0 aliphatic carbocycles. The van der Waals surface area contributed by atoms with E-state index < -0.39 is 24.0 Å². The number of hydrogen-bond acceptors (Lipinski definition) is 6. The number of urea groups is 1. The number of aryl methyl sites for hydroxylation is 1. The fourth-order valence-corrected chi connectivity index (χ4v) is 2.76. The maximum Gasteiger partial charge on any atom is 0.321 e. The van der Waals surface area contributed by atoms with Crippen molar-refractivity contribution in [3.8, 4) is 11.5 Å². The van der Waals surface area contributed by atoms with E-state index >= 15 is 0 Å². The smallest absolute Gasteiger partial charge is 0.321 e. The molecule has 1 atom stereocenters. The molecule has 0 radical (unpaired) electrons. The number of amides is 3. The Balaban J connectivity index is 2.05.